The Labute approximate surface area is 296 Å². The SMILES string of the molecule is CC1/C=C\C=C/C/C(c2c3oc4c(c3cc3c2oc2ccccc23)CCC=C4)=c2/ccccc2=C1c1cccc(-c2cccc3ccccc23)c1. The lowest BCUT2D eigenvalue weighted by molar-refractivity contribution is 0.593. The molecular weight excluding hydrogens is 621 g/mol. The monoisotopic (exact) mass is 656 g/mol. The fourth-order valence-electron chi connectivity index (χ4n) is 8.48. The molecule has 2 aromatic heterocycles. The third kappa shape index (κ3) is 4.86. The van der Waals surface area contributed by atoms with Gasteiger partial charge in [-0.3, -0.25) is 0 Å². The number of allylic oxidation sites excluding steroid dienone is 5. The molecule has 2 heterocycles. The van der Waals surface area contributed by atoms with Gasteiger partial charge >= 0.3 is 0 Å². The summed E-state index contributed by atoms with van der Waals surface area (Å²) in [6, 6.07) is 44.0. The maximum Gasteiger partial charge on any atom is 0.146 e. The molecule has 2 aliphatic carbocycles. The largest absolute Gasteiger partial charge is 0.456 e. The van der Waals surface area contributed by atoms with Gasteiger partial charge in [0, 0.05) is 27.6 Å². The molecule has 1 unspecified atom stereocenters. The molecule has 0 aliphatic heterocycles. The molecule has 2 nitrogen and oxygen atoms in total. The minimum absolute atomic E-state index is 0.154. The van der Waals surface area contributed by atoms with Crippen LogP contribution in [0, 0.1) is 5.92 Å². The summed E-state index contributed by atoms with van der Waals surface area (Å²) < 4.78 is 13.7. The second kappa shape index (κ2) is 12.0. The van der Waals surface area contributed by atoms with Crippen LogP contribution in [0.3, 0.4) is 0 Å². The standard InChI is InChI=1S/C49H36O2/c1-31-15-3-2-4-24-41(47-48-42(38-22-9-11-27-44(38)50-48)30-43-39-23-10-12-28-45(39)51-49(43)47)37-21-7-8-25-40(37)46(31)34-19-13-18-33(29-34)36-26-14-17-32-16-5-6-20-35(32)36/h2-9,11-22,25-31H,10,23-24H2,1H3/b4-2-,15-3-,41-37+,46-40?. The summed E-state index contributed by atoms with van der Waals surface area (Å²) in [5, 5.41) is 8.41. The topological polar surface area (TPSA) is 26.3 Å². The highest BCUT2D eigenvalue weighted by Crippen LogP contribution is 2.43. The van der Waals surface area contributed by atoms with E-state index in [2.05, 4.69) is 165 Å². The zero-order chi connectivity index (χ0) is 33.9. The third-order valence-electron chi connectivity index (χ3n) is 10.8. The zero-order valence-electron chi connectivity index (χ0n) is 28.5. The molecule has 0 saturated heterocycles. The van der Waals surface area contributed by atoms with Gasteiger partial charge in [-0.15, -0.1) is 0 Å². The number of para-hydroxylation sites is 1. The maximum atomic E-state index is 6.84. The van der Waals surface area contributed by atoms with Gasteiger partial charge in [-0.1, -0.05) is 140 Å². The van der Waals surface area contributed by atoms with Crippen LogP contribution in [0.25, 0.3) is 72.0 Å². The number of furan rings is 2. The predicted octanol–water partition coefficient (Wildman–Crippen LogP) is 11.7. The van der Waals surface area contributed by atoms with Crippen molar-refractivity contribution in [2.75, 3.05) is 0 Å². The van der Waals surface area contributed by atoms with Gasteiger partial charge in [0.05, 0.1) is 5.56 Å². The Morgan fingerprint density at radius 1 is 0.608 bits per heavy atom. The fraction of sp³-hybridized carbons (Fsp3) is 0.102. The van der Waals surface area contributed by atoms with E-state index in [-0.39, 0.29) is 5.92 Å². The van der Waals surface area contributed by atoms with Crippen LogP contribution in [0.1, 0.15) is 42.2 Å². The van der Waals surface area contributed by atoms with Crippen LogP contribution in [0.5, 0.6) is 0 Å². The van der Waals surface area contributed by atoms with E-state index in [1.807, 2.05) is 0 Å². The van der Waals surface area contributed by atoms with E-state index in [4.69, 9.17) is 8.83 Å². The lowest BCUT2D eigenvalue weighted by atomic mass is 9.86. The molecule has 2 heteroatoms. The number of rotatable bonds is 3. The Balaban J connectivity index is 1.33. The molecule has 0 radical (unpaired) electrons. The second-order valence-corrected chi connectivity index (χ2v) is 13.8. The van der Waals surface area contributed by atoms with E-state index in [1.165, 1.54) is 60.0 Å². The molecule has 0 fully saturated rings. The Kier molecular flexibility index (Phi) is 7.02. The number of benzene rings is 6. The number of hydrogen-bond donors (Lipinski definition) is 0. The molecule has 0 amide bonds. The van der Waals surface area contributed by atoms with Crippen LogP contribution in [0.4, 0.5) is 0 Å². The summed E-state index contributed by atoms with van der Waals surface area (Å²) in [4.78, 5) is 0. The Morgan fingerprint density at radius 2 is 1.37 bits per heavy atom. The Morgan fingerprint density at radius 3 is 2.31 bits per heavy atom. The molecule has 244 valence electrons. The molecule has 10 rings (SSSR count). The number of fused-ring (bicyclic) bond motifs is 8. The first-order valence-electron chi connectivity index (χ1n) is 18.0. The van der Waals surface area contributed by atoms with Gasteiger partial charge in [-0.2, -0.15) is 0 Å². The van der Waals surface area contributed by atoms with Crippen molar-refractivity contribution in [3.05, 3.63) is 185 Å². The summed E-state index contributed by atoms with van der Waals surface area (Å²) in [5.74, 6) is 1.12. The van der Waals surface area contributed by atoms with Gasteiger partial charge < -0.3 is 8.83 Å². The van der Waals surface area contributed by atoms with E-state index >= 15 is 0 Å². The van der Waals surface area contributed by atoms with Crippen LogP contribution < -0.4 is 10.4 Å². The molecule has 0 spiro atoms. The predicted molar refractivity (Wildman–Crippen MR) is 213 cm³/mol. The summed E-state index contributed by atoms with van der Waals surface area (Å²) in [7, 11) is 0. The van der Waals surface area contributed by atoms with E-state index in [0.717, 1.165) is 58.1 Å². The van der Waals surface area contributed by atoms with Crippen molar-refractivity contribution < 1.29 is 8.83 Å². The first-order chi connectivity index (χ1) is 25.2. The summed E-state index contributed by atoms with van der Waals surface area (Å²) in [6.07, 6.45) is 16.1. The first kappa shape index (κ1) is 29.8. The Hall–Kier alpha value is -6.12. The van der Waals surface area contributed by atoms with E-state index in [1.54, 1.807) is 0 Å². The number of hydrogen-bond acceptors (Lipinski definition) is 2. The maximum absolute atomic E-state index is 6.84. The highest BCUT2D eigenvalue weighted by atomic mass is 16.3. The normalized spacial score (nSPS) is 18.3. The summed E-state index contributed by atoms with van der Waals surface area (Å²) >= 11 is 0. The molecule has 1 atom stereocenters. The van der Waals surface area contributed by atoms with Crippen molar-refractivity contribution >= 4 is 60.9 Å². The van der Waals surface area contributed by atoms with Crippen molar-refractivity contribution in [2.45, 2.75) is 26.2 Å². The fourth-order valence-corrected chi connectivity index (χ4v) is 8.48. The van der Waals surface area contributed by atoms with Gasteiger partial charge in [-0.25, -0.2) is 0 Å². The lowest BCUT2D eigenvalue weighted by Gasteiger charge is -2.18. The van der Waals surface area contributed by atoms with Crippen molar-refractivity contribution in [3.8, 4) is 11.1 Å². The van der Waals surface area contributed by atoms with Crippen LogP contribution >= 0.6 is 0 Å². The first-order valence-corrected chi connectivity index (χ1v) is 18.0. The Bertz CT molecular complexity index is 2900. The average Bonchev–Trinajstić information content (AvgIpc) is 3.74. The lowest BCUT2D eigenvalue weighted by Crippen LogP contribution is -2.31. The van der Waals surface area contributed by atoms with Crippen molar-refractivity contribution in [3.63, 3.8) is 0 Å². The van der Waals surface area contributed by atoms with Crippen LogP contribution in [0.15, 0.2) is 161 Å². The van der Waals surface area contributed by atoms with E-state index < -0.39 is 0 Å². The van der Waals surface area contributed by atoms with Crippen molar-refractivity contribution in [1.82, 2.24) is 0 Å². The average molecular weight is 657 g/mol. The minimum Gasteiger partial charge on any atom is -0.456 e. The molecule has 0 N–H and O–H groups in total. The number of aryl methyl sites for hydroxylation is 1. The molecule has 8 aromatic rings. The highest BCUT2D eigenvalue weighted by molar-refractivity contribution is 6.15. The van der Waals surface area contributed by atoms with Crippen LogP contribution in [-0.2, 0) is 6.42 Å². The molecule has 0 bridgehead atoms. The van der Waals surface area contributed by atoms with E-state index in [0.29, 0.717) is 0 Å². The molecule has 2 aliphatic rings. The molecular formula is C49H36O2. The zero-order valence-corrected chi connectivity index (χ0v) is 28.5. The van der Waals surface area contributed by atoms with Crippen molar-refractivity contribution in [1.29, 1.82) is 0 Å². The summed E-state index contributed by atoms with van der Waals surface area (Å²) in [5.41, 5.74) is 11.2. The summed E-state index contributed by atoms with van der Waals surface area (Å²) in [6.45, 7) is 2.31. The van der Waals surface area contributed by atoms with Crippen molar-refractivity contribution in [2.24, 2.45) is 5.92 Å². The highest BCUT2D eigenvalue weighted by Gasteiger charge is 2.25. The van der Waals surface area contributed by atoms with Gasteiger partial charge in [0.1, 0.15) is 22.5 Å². The van der Waals surface area contributed by atoms with E-state index in [9.17, 15) is 0 Å². The quantitative estimate of drug-likeness (QED) is 0.189. The van der Waals surface area contributed by atoms with Crippen LogP contribution in [0.2, 0.25) is 0 Å². The van der Waals surface area contributed by atoms with Gasteiger partial charge in [0.15, 0.2) is 0 Å². The minimum atomic E-state index is 0.154. The smallest absolute Gasteiger partial charge is 0.146 e. The third-order valence-corrected chi connectivity index (χ3v) is 10.8. The second-order valence-electron chi connectivity index (χ2n) is 13.8. The van der Waals surface area contributed by atoms with Crippen LogP contribution in [-0.4, -0.2) is 0 Å². The molecule has 51 heavy (non-hydrogen) atoms. The van der Waals surface area contributed by atoms with Gasteiger partial charge in [0.2, 0.25) is 0 Å². The van der Waals surface area contributed by atoms with Gasteiger partial charge in [0.25, 0.3) is 0 Å². The molecule has 0 saturated carbocycles. The molecule has 6 aromatic carbocycles. The van der Waals surface area contributed by atoms with Gasteiger partial charge in [-0.05, 0) is 92.6 Å².